The van der Waals surface area contributed by atoms with Crippen LogP contribution in [0.1, 0.15) is 48.4 Å². The standard InChI is InChI=1S/C22H26ClN5OS/c1-4-9-27(10-5-2)11-15-13-30-21(25-15)20-18-12-26(3)22(29)19-16(23)7-6-8-17(19)28(18)14-24-20/h6-8,13-14H,4-5,9-12H2,1-3H3. The van der Waals surface area contributed by atoms with Gasteiger partial charge in [-0.2, -0.15) is 0 Å². The summed E-state index contributed by atoms with van der Waals surface area (Å²) in [6, 6.07) is 5.52. The van der Waals surface area contributed by atoms with E-state index in [1.807, 2.05) is 16.7 Å². The van der Waals surface area contributed by atoms with Crippen molar-refractivity contribution < 1.29 is 4.79 Å². The lowest BCUT2D eigenvalue weighted by Gasteiger charge is -2.19. The predicted molar refractivity (Wildman–Crippen MR) is 121 cm³/mol. The number of nitrogens with zero attached hydrogens (tertiary/aromatic N) is 5. The number of aromatic nitrogens is 3. The van der Waals surface area contributed by atoms with E-state index in [4.69, 9.17) is 16.6 Å². The molecule has 0 aliphatic carbocycles. The minimum absolute atomic E-state index is 0.0835. The fourth-order valence-electron chi connectivity index (χ4n) is 3.94. The normalized spacial score (nSPS) is 13.5. The maximum Gasteiger partial charge on any atom is 0.257 e. The second-order valence-electron chi connectivity index (χ2n) is 7.63. The van der Waals surface area contributed by atoms with Gasteiger partial charge in [0.15, 0.2) is 0 Å². The maximum atomic E-state index is 12.9. The van der Waals surface area contributed by atoms with Gasteiger partial charge in [0.2, 0.25) is 0 Å². The molecule has 8 heteroatoms. The lowest BCUT2D eigenvalue weighted by Crippen LogP contribution is -2.25. The molecule has 0 radical (unpaired) electrons. The highest BCUT2D eigenvalue weighted by Crippen LogP contribution is 2.34. The van der Waals surface area contributed by atoms with Gasteiger partial charge in [-0.05, 0) is 38.1 Å². The van der Waals surface area contributed by atoms with Crippen LogP contribution in [-0.2, 0) is 13.1 Å². The highest BCUT2D eigenvalue weighted by molar-refractivity contribution is 7.13. The van der Waals surface area contributed by atoms with Crippen LogP contribution in [0.15, 0.2) is 29.9 Å². The molecule has 1 aromatic carbocycles. The van der Waals surface area contributed by atoms with Crippen LogP contribution in [0.4, 0.5) is 0 Å². The molecule has 158 valence electrons. The number of hydrogen-bond donors (Lipinski definition) is 0. The van der Waals surface area contributed by atoms with Gasteiger partial charge >= 0.3 is 0 Å². The van der Waals surface area contributed by atoms with E-state index in [-0.39, 0.29) is 5.91 Å². The Kier molecular flexibility index (Phi) is 6.22. The number of fused-ring (bicyclic) bond motifs is 3. The minimum atomic E-state index is -0.0835. The minimum Gasteiger partial charge on any atom is -0.336 e. The third-order valence-corrected chi connectivity index (χ3v) is 6.50. The molecule has 0 bridgehead atoms. The largest absolute Gasteiger partial charge is 0.336 e. The molecule has 1 aliphatic heterocycles. The summed E-state index contributed by atoms with van der Waals surface area (Å²) in [7, 11) is 1.79. The van der Waals surface area contributed by atoms with Gasteiger partial charge in [-0.1, -0.05) is 31.5 Å². The van der Waals surface area contributed by atoms with Crippen molar-refractivity contribution in [2.45, 2.75) is 39.8 Å². The van der Waals surface area contributed by atoms with Gasteiger partial charge in [-0.15, -0.1) is 11.3 Å². The summed E-state index contributed by atoms with van der Waals surface area (Å²) in [4.78, 5) is 26.6. The molecule has 2 aromatic heterocycles. The number of thiazole rings is 1. The molecule has 1 aliphatic rings. The van der Waals surface area contributed by atoms with E-state index < -0.39 is 0 Å². The summed E-state index contributed by atoms with van der Waals surface area (Å²) in [6.45, 7) is 7.86. The van der Waals surface area contributed by atoms with Gasteiger partial charge in [0, 0.05) is 19.0 Å². The first-order valence-corrected chi connectivity index (χ1v) is 11.6. The molecule has 0 N–H and O–H groups in total. The van der Waals surface area contributed by atoms with Crippen LogP contribution in [0, 0.1) is 0 Å². The summed E-state index contributed by atoms with van der Waals surface area (Å²) in [5, 5.41) is 3.46. The molecule has 3 aromatic rings. The smallest absolute Gasteiger partial charge is 0.257 e. The molecule has 0 atom stereocenters. The zero-order valence-corrected chi connectivity index (χ0v) is 19.1. The first-order chi connectivity index (χ1) is 14.5. The molecular formula is C22H26ClN5OS. The zero-order chi connectivity index (χ0) is 21.3. The van der Waals surface area contributed by atoms with Crippen LogP contribution in [0.5, 0.6) is 0 Å². The van der Waals surface area contributed by atoms with E-state index in [1.54, 1.807) is 35.7 Å². The number of rotatable bonds is 7. The molecular weight excluding hydrogens is 418 g/mol. The van der Waals surface area contributed by atoms with E-state index in [9.17, 15) is 4.79 Å². The van der Waals surface area contributed by atoms with Crippen molar-refractivity contribution in [3.8, 4) is 16.4 Å². The summed E-state index contributed by atoms with van der Waals surface area (Å²) in [5.74, 6) is -0.0835. The Morgan fingerprint density at radius 3 is 2.73 bits per heavy atom. The monoisotopic (exact) mass is 443 g/mol. The first-order valence-electron chi connectivity index (χ1n) is 10.3. The van der Waals surface area contributed by atoms with Crippen LogP contribution >= 0.6 is 22.9 Å². The summed E-state index contributed by atoms with van der Waals surface area (Å²) in [6.07, 6.45) is 4.04. The summed E-state index contributed by atoms with van der Waals surface area (Å²) >= 11 is 7.98. The molecule has 4 rings (SSSR count). The third-order valence-electron chi connectivity index (χ3n) is 5.28. The van der Waals surface area contributed by atoms with E-state index in [0.29, 0.717) is 17.1 Å². The van der Waals surface area contributed by atoms with Gasteiger partial charge in [-0.25, -0.2) is 9.97 Å². The lowest BCUT2D eigenvalue weighted by molar-refractivity contribution is 0.0788. The molecule has 6 nitrogen and oxygen atoms in total. The second kappa shape index (κ2) is 8.88. The number of imidazole rings is 1. The Morgan fingerprint density at radius 1 is 1.23 bits per heavy atom. The molecule has 3 heterocycles. The van der Waals surface area contributed by atoms with Crippen LogP contribution in [0.25, 0.3) is 16.4 Å². The van der Waals surface area contributed by atoms with Crippen LogP contribution in [0.3, 0.4) is 0 Å². The Morgan fingerprint density at radius 2 is 2.00 bits per heavy atom. The highest BCUT2D eigenvalue weighted by Gasteiger charge is 2.29. The van der Waals surface area contributed by atoms with E-state index in [1.165, 1.54) is 0 Å². The van der Waals surface area contributed by atoms with Gasteiger partial charge in [0.25, 0.3) is 5.91 Å². The molecule has 0 unspecified atom stereocenters. The average molecular weight is 444 g/mol. The van der Waals surface area contributed by atoms with Gasteiger partial charge in [-0.3, -0.25) is 14.3 Å². The van der Waals surface area contributed by atoms with E-state index in [0.717, 1.165) is 60.3 Å². The van der Waals surface area contributed by atoms with Crippen molar-refractivity contribution in [3.05, 3.63) is 51.9 Å². The number of benzene rings is 1. The van der Waals surface area contributed by atoms with Crippen LogP contribution in [0.2, 0.25) is 5.02 Å². The predicted octanol–water partition coefficient (Wildman–Crippen LogP) is 4.86. The van der Waals surface area contributed by atoms with Crippen molar-refractivity contribution in [2.24, 2.45) is 0 Å². The van der Waals surface area contributed by atoms with Gasteiger partial charge in [0.1, 0.15) is 17.0 Å². The summed E-state index contributed by atoms with van der Waals surface area (Å²) in [5.41, 5.74) is 4.13. The fraction of sp³-hybridized carbons (Fsp3) is 0.409. The Bertz CT molecular complexity index is 1050. The lowest BCUT2D eigenvalue weighted by atomic mass is 10.1. The Balaban J connectivity index is 1.70. The highest BCUT2D eigenvalue weighted by atomic mass is 35.5. The van der Waals surface area contributed by atoms with Crippen LogP contribution in [-0.4, -0.2) is 50.4 Å². The van der Waals surface area contributed by atoms with Crippen molar-refractivity contribution in [3.63, 3.8) is 0 Å². The zero-order valence-electron chi connectivity index (χ0n) is 17.6. The molecule has 30 heavy (non-hydrogen) atoms. The maximum absolute atomic E-state index is 12.9. The van der Waals surface area contributed by atoms with Gasteiger partial charge < -0.3 is 4.90 Å². The summed E-state index contributed by atoms with van der Waals surface area (Å²) < 4.78 is 1.97. The van der Waals surface area contributed by atoms with E-state index in [2.05, 4.69) is 29.1 Å². The van der Waals surface area contributed by atoms with Crippen molar-refractivity contribution >= 4 is 28.8 Å². The second-order valence-corrected chi connectivity index (χ2v) is 8.89. The Hall–Kier alpha value is -2.22. The Labute approximate surface area is 186 Å². The van der Waals surface area contributed by atoms with Crippen molar-refractivity contribution in [1.29, 1.82) is 0 Å². The average Bonchev–Trinajstić information content (AvgIpc) is 3.32. The molecule has 0 spiro atoms. The van der Waals surface area contributed by atoms with Crippen LogP contribution < -0.4 is 0 Å². The number of carbonyl (C=O) groups is 1. The number of halogens is 1. The topological polar surface area (TPSA) is 54.3 Å². The third kappa shape index (κ3) is 3.89. The SMILES string of the molecule is CCCN(CCC)Cc1csc(-c2ncn3c2CN(C)C(=O)c2c(Cl)cccc2-3)n1. The van der Waals surface area contributed by atoms with Crippen molar-refractivity contribution in [1.82, 2.24) is 24.3 Å². The molecule has 0 saturated carbocycles. The van der Waals surface area contributed by atoms with E-state index >= 15 is 0 Å². The first kappa shape index (κ1) is 21.0. The molecule has 0 fully saturated rings. The van der Waals surface area contributed by atoms with Gasteiger partial charge in [0.05, 0.1) is 34.2 Å². The number of carbonyl (C=O) groups excluding carboxylic acids is 1. The fourth-order valence-corrected chi connectivity index (χ4v) is 5.02. The number of hydrogen-bond acceptors (Lipinski definition) is 5. The van der Waals surface area contributed by atoms with Crippen molar-refractivity contribution in [2.75, 3.05) is 20.1 Å². The quantitative estimate of drug-likeness (QED) is 0.523. The molecule has 1 amide bonds. The molecule has 0 saturated heterocycles. The number of amides is 1.